The van der Waals surface area contributed by atoms with Gasteiger partial charge in [-0.1, -0.05) is 17.7 Å². The quantitative estimate of drug-likeness (QED) is 0.200. The molecule has 3 N–H and O–H groups in total. The predicted molar refractivity (Wildman–Crippen MR) is 142 cm³/mol. The molecule has 0 aliphatic carbocycles. The Kier molecular flexibility index (Phi) is 9.58. The number of carbonyl (C=O) groups excluding carboxylic acids is 3. The highest BCUT2D eigenvalue weighted by atomic mass is 79.9. The lowest BCUT2D eigenvalue weighted by atomic mass is 10.2. The lowest BCUT2D eigenvalue weighted by Crippen LogP contribution is -2.32. The van der Waals surface area contributed by atoms with Crippen LogP contribution in [-0.2, 0) is 14.4 Å². The molecule has 0 fully saturated rings. The van der Waals surface area contributed by atoms with E-state index in [1.807, 2.05) is 6.92 Å². The minimum Gasteiger partial charge on any atom is -0.493 e. The molecule has 3 amide bonds. The molecule has 0 radical (unpaired) electrons. The van der Waals surface area contributed by atoms with Gasteiger partial charge in [-0.3, -0.25) is 14.4 Å². The fourth-order valence-electron chi connectivity index (χ4n) is 2.90. The van der Waals surface area contributed by atoms with E-state index in [9.17, 15) is 18.8 Å². The van der Waals surface area contributed by atoms with E-state index in [1.54, 1.807) is 30.3 Å². The van der Waals surface area contributed by atoms with Crippen molar-refractivity contribution in [3.05, 3.63) is 81.0 Å². The zero-order chi connectivity index (χ0) is 26.9. The number of carbonyl (C=O) groups is 3. The average Bonchev–Trinajstić information content (AvgIpc) is 2.86. The number of methoxy groups -OCH3 is 1. The Labute approximate surface area is 225 Å². The van der Waals surface area contributed by atoms with Gasteiger partial charge in [-0.05, 0) is 82.5 Å². The van der Waals surface area contributed by atoms with Gasteiger partial charge in [-0.15, -0.1) is 0 Å². The third-order valence-electron chi connectivity index (χ3n) is 4.74. The fraction of sp³-hybridized carbons (Fsp3) is 0.120. The number of rotatable bonds is 8. The maximum absolute atomic E-state index is 12.9. The Balaban J connectivity index is 1.58. The third-order valence-corrected chi connectivity index (χ3v) is 5.74. The zero-order valence-electron chi connectivity index (χ0n) is 19.6. The molecule has 192 valence electrons. The highest BCUT2D eigenvalue weighted by molar-refractivity contribution is 9.10. The molecule has 9 nitrogen and oxygen atoms in total. The molecule has 3 aromatic rings. The number of hydrogen-bond donors (Lipinski definition) is 3. The van der Waals surface area contributed by atoms with E-state index < -0.39 is 23.5 Å². The summed E-state index contributed by atoms with van der Waals surface area (Å²) in [5, 5.41) is 9.31. The molecule has 0 aromatic heterocycles. The molecule has 0 saturated carbocycles. The molecule has 3 aromatic carbocycles. The summed E-state index contributed by atoms with van der Waals surface area (Å²) in [6, 6.07) is 13.3. The van der Waals surface area contributed by atoms with Gasteiger partial charge in [0.25, 0.3) is 5.91 Å². The van der Waals surface area contributed by atoms with Crippen molar-refractivity contribution in [1.29, 1.82) is 0 Å². The number of ether oxygens (including phenoxy) is 2. The molecule has 0 spiro atoms. The van der Waals surface area contributed by atoms with Crippen molar-refractivity contribution in [3.63, 3.8) is 0 Å². The van der Waals surface area contributed by atoms with E-state index in [0.717, 1.165) is 17.7 Å². The maximum atomic E-state index is 12.9. The molecule has 0 atom stereocenters. The Bertz CT molecular complexity index is 1350. The smallest absolute Gasteiger partial charge is 0.329 e. The van der Waals surface area contributed by atoms with Crippen LogP contribution >= 0.6 is 27.5 Å². The van der Waals surface area contributed by atoms with Gasteiger partial charge in [0, 0.05) is 16.4 Å². The Hall–Kier alpha value is -3.96. The Morgan fingerprint density at radius 3 is 2.41 bits per heavy atom. The summed E-state index contributed by atoms with van der Waals surface area (Å²) in [6.07, 6.45) is 1.29. The van der Waals surface area contributed by atoms with Gasteiger partial charge in [0.2, 0.25) is 0 Å². The highest BCUT2D eigenvalue weighted by Gasteiger charge is 2.15. The zero-order valence-corrected chi connectivity index (χ0v) is 21.9. The topological polar surface area (TPSA) is 118 Å². The molecule has 37 heavy (non-hydrogen) atoms. The van der Waals surface area contributed by atoms with Gasteiger partial charge in [0.15, 0.2) is 18.1 Å². The molecule has 0 saturated heterocycles. The molecular weight excluding hydrogens is 571 g/mol. The summed E-state index contributed by atoms with van der Waals surface area (Å²) < 4.78 is 24.4. The number of nitrogens with one attached hydrogen (secondary N) is 3. The number of amides is 3. The first-order chi connectivity index (χ1) is 17.7. The molecular formula is C25H21BrClFN4O5. The molecule has 0 heterocycles. The summed E-state index contributed by atoms with van der Waals surface area (Å²) in [4.78, 5) is 36.2. The standard InChI is InChI=1S/C25H21BrClFN4O5/c1-14-3-6-18(11-20(14)27)30-22(33)13-37-23-19(26)9-15(10-21(23)36-2)12-29-32-25(35)24(34)31-17-7-4-16(28)5-8-17/h3-12H,13H2,1-2H3,(H,30,33)(H,31,34)(H,32,35)/b29-12-. The van der Waals surface area contributed by atoms with Crippen molar-refractivity contribution >= 4 is 62.8 Å². The van der Waals surface area contributed by atoms with Crippen LogP contribution in [0, 0.1) is 12.7 Å². The minimum atomic E-state index is -1.02. The van der Waals surface area contributed by atoms with Gasteiger partial charge in [0.1, 0.15) is 5.82 Å². The fourth-order valence-corrected chi connectivity index (χ4v) is 3.65. The van der Waals surface area contributed by atoms with Crippen LogP contribution in [0.3, 0.4) is 0 Å². The lowest BCUT2D eigenvalue weighted by molar-refractivity contribution is -0.136. The first kappa shape index (κ1) is 27.6. The van der Waals surface area contributed by atoms with Crippen molar-refractivity contribution in [3.8, 4) is 11.5 Å². The molecule has 0 unspecified atom stereocenters. The number of hydrazone groups is 1. The van der Waals surface area contributed by atoms with Crippen molar-refractivity contribution in [2.24, 2.45) is 5.10 Å². The van der Waals surface area contributed by atoms with Gasteiger partial charge in [-0.25, -0.2) is 9.82 Å². The van der Waals surface area contributed by atoms with Gasteiger partial charge >= 0.3 is 11.8 Å². The van der Waals surface area contributed by atoms with Crippen molar-refractivity contribution in [1.82, 2.24) is 5.43 Å². The number of nitrogens with zero attached hydrogens (tertiary/aromatic N) is 1. The second-order valence-electron chi connectivity index (χ2n) is 7.50. The third kappa shape index (κ3) is 8.02. The van der Waals surface area contributed by atoms with Crippen LogP contribution in [0.25, 0.3) is 0 Å². The van der Waals surface area contributed by atoms with Crippen LogP contribution < -0.4 is 25.5 Å². The Morgan fingerprint density at radius 2 is 1.73 bits per heavy atom. The van der Waals surface area contributed by atoms with Crippen molar-refractivity contribution < 1.29 is 28.2 Å². The van der Waals surface area contributed by atoms with Gasteiger partial charge in [0.05, 0.1) is 17.8 Å². The first-order valence-corrected chi connectivity index (χ1v) is 11.8. The maximum Gasteiger partial charge on any atom is 0.329 e. The van der Waals surface area contributed by atoms with Crippen LogP contribution in [-0.4, -0.2) is 37.7 Å². The summed E-state index contributed by atoms with van der Waals surface area (Å²) in [7, 11) is 1.42. The SMILES string of the molecule is COc1cc(/C=N\NC(=O)C(=O)Nc2ccc(F)cc2)cc(Br)c1OCC(=O)Nc1ccc(C)c(Cl)c1. The average molecular weight is 592 g/mol. The second-order valence-corrected chi connectivity index (χ2v) is 8.76. The number of anilines is 2. The number of halogens is 3. The number of hydrogen-bond acceptors (Lipinski definition) is 6. The van der Waals surface area contributed by atoms with Crippen LogP contribution in [0.15, 0.2) is 64.2 Å². The molecule has 0 bridgehead atoms. The predicted octanol–water partition coefficient (Wildman–Crippen LogP) is 4.66. The summed E-state index contributed by atoms with van der Waals surface area (Å²) in [5.74, 6) is -2.30. The number of benzene rings is 3. The van der Waals surface area contributed by atoms with E-state index in [4.69, 9.17) is 21.1 Å². The first-order valence-electron chi connectivity index (χ1n) is 10.6. The van der Waals surface area contributed by atoms with Crippen LogP contribution in [0.5, 0.6) is 11.5 Å². The van der Waals surface area contributed by atoms with E-state index in [0.29, 0.717) is 26.5 Å². The molecule has 0 aliphatic heterocycles. The van der Waals surface area contributed by atoms with Gasteiger partial charge in [-0.2, -0.15) is 5.10 Å². The van der Waals surface area contributed by atoms with Crippen molar-refractivity contribution in [2.75, 3.05) is 24.4 Å². The van der Waals surface area contributed by atoms with Crippen LogP contribution in [0.4, 0.5) is 15.8 Å². The van der Waals surface area contributed by atoms with E-state index in [-0.39, 0.29) is 18.0 Å². The lowest BCUT2D eigenvalue weighted by Gasteiger charge is -2.13. The molecule has 12 heteroatoms. The van der Waals surface area contributed by atoms with E-state index in [2.05, 4.69) is 37.1 Å². The second kappa shape index (κ2) is 12.8. The molecule has 3 rings (SSSR count). The Morgan fingerprint density at radius 1 is 1.03 bits per heavy atom. The van der Waals surface area contributed by atoms with Crippen LogP contribution in [0.2, 0.25) is 5.02 Å². The summed E-state index contributed by atoms with van der Waals surface area (Å²) in [5.41, 5.74) is 4.28. The largest absolute Gasteiger partial charge is 0.493 e. The van der Waals surface area contributed by atoms with Gasteiger partial charge < -0.3 is 20.1 Å². The number of aryl methyl sites for hydroxylation is 1. The van der Waals surface area contributed by atoms with E-state index >= 15 is 0 Å². The summed E-state index contributed by atoms with van der Waals surface area (Å²) >= 11 is 9.45. The monoisotopic (exact) mass is 590 g/mol. The minimum absolute atomic E-state index is 0.256. The van der Waals surface area contributed by atoms with Crippen LogP contribution in [0.1, 0.15) is 11.1 Å². The van der Waals surface area contributed by atoms with Crippen molar-refractivity contribution in [2.45, 2.75) is 6.92 Å². The normalized spacial score (nSPS) is 10.6. The summed E-state index contributed by atoms with van der Waals surface area (Å²) in [6.45, 7) is 1.56. The molecule has 0 aliphatic rings. The highest BCUT2D eigenvalue weighted by Crippen LogP contribution is 2.36. The van der Waals surface area contributed by atoms with E-state index in [1.165, 1.54) is 25.5 Å².